The van der Waals surface area contributed by atoms with Gasteiger partial charge in [0.25, 0.3) is 0 Å². The summed E-state index contributed by atoms with van der Waals surface area (Å²) in [7, 11) is 0. The summed E-state index contributed by atoms with van der Waals surface area (Å²) >= 11 is 0. The van der Waals surface area contributed by atoms with E-state index in [1.54, 1.807) is 12.1 Å². The van der Waals surface area contributed by atoms with Crippen molar-refractivity contribution in [2.45, 2.75) is 39.5 Å². The van der Waals surface area contributed by atoms with Gasteiger partial charge in [0.05, 0.1) is 5.71 Å². The smallest absolute Gasteiger partial charge is 0.167 e. The molecular formula is C17H23FN2. The Morgan fingerprint density at radius 1 is 1.15 bits per heavy atom. The molecule has 1 fully saturated rings. The highest BCUT2D eigenvalue weighted by molar-refractivity contribution is 6.09. The van der Waals surface area contributed by atoms with Crippen molar-refractivity contribution in [2.75, 3.05) is 0 Å². The van der Waals surface area contributed by atoms with E-state index in [0.29, 0.717) is 11.5 Å². The van der Waals surface area contributed by atoms with Crippen LogP contribution in [-0.4, -0.2) is 5.71 Å². The molecule has 0 amide bonds. The number of nitrogens with one attached hydrogen (secondary N) is 1. The summed E-state index contributed by atoms with van der Waals surface area (Å²) in [5.74, 6) is 0.254. The molecule has 0 atom stereocenters. The van der Waals surface area contributed by atoms with Gasteiger partial charge in [0.15, 0.2) is 5.83 Å². The van der Waals surface area contributed by atoms with Crippen LogP contribution in [0.3, 0.4) is 0 Å². The fourth-order valence-electron chi connectivity index (χ4n) is 2.74. The topological polar surface area (TPSA) is 49.9 Å². The lowest BCUT2D eigenvalue weighted by molar-refractivity contribution is 0.315. The lowest BCUT2D eigenvalue weighted by Gasteiger charge is -2.26. The second-order valence-electron chi connectivity index (χ2n) is 5.97. The summed E-state index contributed by atoms with van der Waals surface area (Å²) in [6, 6.07) is 7.31. The number of allylic oxidation sites excluding steroid dienone is 2. The molecule has 108 valence electrons. The Bertz CT molecular complexity index is 508. The predicted molar refractivity (Wildman–Crippen MR) is 81.5 cm³/mol. The monoisotopic (exact) mass is 274 g/mol. The van der Waals surface area contributed by atoms with Crippen LogP contribution >= 0.6 is 0 Å². The molecule has 3 N–H and O–H groups in total. The lowest BCUT2D eigenvalue weighted by Crippen LogP contribution is -2.21. The highest BCUT2D eigenvalue weighted by Gasteiger charge is 2.24. The SMILES string of the molecule is Cc1ccc(C(=N)/C(F)=C(\N)C2CCC(C)CC2)cc1. The normalized spacial score (nSPS) is 24.1. The summed E-state index contributed by atoms with van der Waals surface area (Å²) in [5.41, 5.74) is 7.82. The quantitative estimate of drug-likeness (QED) is 0.792. The van der Waals surface area contributed by atoms with Crippen molar-refractivity contribution in [3.63, 3.8) is 0 Å². The summed E-state index contributed by atoms with van der Waals surface area (Å²) < 4.78 is 14.4. The predicted octanol–water partition coefficient (Wildman–Crippen LogP) is 4.33. The van der Waals surface area contributed by atoms with Gasteiger partial charge in [0.2, 0.25) is 0 Å². The Morgan fingerprint density at radius 3 is 2.25 bits per heavy atom. The maximum Gasteiger partial charge on any atom is 0.167 e. The van der Waals surface area contributed by atoms with Crippen molar-refractivity contribution in [1.29, 1.82) is 5.41 Å². The Morgan fingerprint density at radius 2 is 1.70 bits per heavy atom. The lowest BCUT2D eigenvalue weighted by atomic mass is 9.81. The summed E-state index contributed by atoms with van der Waals surface area (Å²) in [6.07, 6.45) is 4.05. The van der Waals surface area contributed by atoms with Crippen molar-refractivity contribution >= 4 is 5.71 Å². The molecule has 0 saturated heterocycles. The van der Waals surface area contributed by atoms with Crippen molar-refractivity contribution in [1.82, 2.24) is 0 Å². The van der Waals surface area contributed by atoms with Gasteiger partial charge in [-0.1, -0.05) is 49.6 Å². The van der Waals surface area contributed by atoms with Crippen molar-refractivity contribution in [3.05, 3.63) is 46.9 Å². The molecule has 3 heteroatoms. The van der Waals surface area contributed by atoms with E-state index in [1.807, 2.05) is 19.1 Å². The highest BCUT2D eigenvalue weighted by atomic mass is 19.1. The Kier molecular flexibility index (Phi) is 4.58. The van der Waals surface area contributed by atoms with Crippen LogP contribution in [-0.2, 0) is 0 Å². The first kappa shape index (κ1) is 14.8. The molecule has 1 aliphatic carbocycles. The van der Waals surface area contributed by atoms with Gasteiger partial charge in [-0.2, -0.15) is 0 Å². The third-order valence-corrected chi connectivity index (χ3v) is 4.27. The Hall–Kier alpha value is -1.64. The second kappa shape index (κ2) is 6.21. The van der Waals surface area contributed by atoms with E-state index in [1.165, 1.54) is 0 Å². The molecule has 0 heterocycles. The Balaban J connectivity index is 2.15. The number of nitrogens with two attached hydrogens (primary N) is 1. The minimum absolute atomic E-state index is 0.0944. The first-order valence-electron chi connectivity index (χ1n) is 7.30. The molecule has 0 bridgehead atoms. The van der Waals surface area contributed by atoms with Gasteiger partial charge in [-0.25, -0.2) is 4.39 Å². The molecule has 0 spiro atoms. The van der Waals surface area contributed by atoms with Crippen LogP contribution in [0.25, 0.3) is 0 Å². The van der Waals surface area contributed by atoms with E-state index in [2.05, 4.69) is 6.92 Å². The highest BCUT2D eigenvalue weighted by Crippen LogP contribution is 2.33. The number of aryl methyl sites for hydroxylation is 1. The molecule has 2 rings (SSSR count). The molecule has 0 aromatic heterocycles. The van der Waals surface area contributed by atoms with Crippen molar-refractivity contribution in [3.8, 4) is 0 Å². The van der Waals surface area contributed by atoms with Gasteiger partial charge in [0, 0.05) is 17.2 Å². The molecule has 0 unspecified atom stereocenters. The minimum atomic E-state index is -0.548. The van der Waals surface area contributed by atoms with Crippen LogP contribution in [0.4, 0.5) is 4.39 Å². The third-order valence-electron chi connectivity index (χ3n) is 4.27. The number of hydrogen-bond donors (Lipinski definition) is 2. The van der Waals surface area contributed by atoms with Gasteiger partial charge < -0.3 is 5.73 Å². The minimum Gasteiger partial charge on any atom is -0.399 e. The van der Waals surface area contributed by atoms with Gasteiger partial charge in [0.1, 0.15) is 0 Å². The summed E-state index contributed by atoms with van der Waals surface area (Å²) in [4.78, 5) is 0. The van der Waals surface area contributed by atoms with Gasteiger partial charge >= 0.3 is 0 Å². The van der Waals surface area contributed by atoms with E-state index in [0.717, 1.165) is 31.2 Å². The molecule has 1 aromatic carbocycles. The number of rotatable bonds is 3. The average molecular weight is 274 g/mol. The number of benzene rings is 1. The first-order chi connectivity index (χ1) is 9.49. The molecule has 1 aromatic rings. The fourth-order valence-corrected chi connectivity index (χ4v) is 2.74. The zero-order chi connectivity index (χ0) is 14.7. The van der Waals surface area contributed by atoms with E-state index < -0.39 is 5.83 Å². The molecular weight excluding hydrogens is 251 g/mol. The van der Waals surface area contributed by atoms with Crippen LogP contribution in [0.5, 0.6) is 0 Å². The van der Waals surface area contributed by atoms with Crippen LogP contribution in [0.2, 0.25) is 0 Å². The van der Waals surface area contributed by atoms with E-state index in [-0.39, 0.29) is 17.3 Å². The van der Waals surface area contributed by atoms with E-state index in [9.17, 15) is 4.39 Å². The maximum atomic E-state index is 14.4. The molecule has 20 heavy (non-hydrogen) atoms. The summed E-state index contributed by atoms with van der Waals surface area (Å²) in [6.45, 7) is 4.19. The van der Waals surface area contributed by atoms with Gasteiger partial charge in [-0.05, 0) is 25.7 Å². The number of hydrogen-bond acceptors (Lipinski definition) is 2. The Labute approximate surface area is 120 Å². The second-order valence-corrected chi connectivity index (χ2v) is 5.97. The summed E-state index contributed by atoms with van der Waals surface area (Å²) in [5, 5.41) is 7.98. The largest absolute Gasteiger partial charge is 0.399 e. The molecule has 1 aliphatic rings. The van der Waals surface area contributed by atoms with E-state index >= 15 is 0 Å². The van der Waals surface area contributed by atoms with Gasteiger partial charge in [-0.15, -0.1) is 0 Å². The molecule has 0 radical (unpaired) electrons. The van der Waals surface area contributed by atoms with Crippen LogP contribution in [0.1, 0.15) is 43.7 Å². The van der Waals surface area contributed by atoms with Crippen LogP contribution in [0, 0.1) is 24.2 Å². The number of halogens is 1. The van der Waals surface area contributed by atoms with Crippen molar-refractivity contribution in [2.24, 2.45) is 17.6 Å². The average Bonchev–Trinajstić information content (AvgIpc) is 2.46. The fraction of sp³-hybridized carbons (Fsp3) is 0.471. The molecule has 0 aliphatic heterocycles. The van der Waals surface area contributed by atoms with Crippen LogP contribution < -0.4 is 5.73 Å². The maximum absolute atomic E-state index is 14.4. The van der Waals surface area contributed by atoms with Crippen LogP contribution in [0.15, 0.2) is 35.8 Å². The zero-order valence-corrected chi connectivity index (χ0v) is 12.2. The first-order valence-corrected chi connectivity index (χ1v) is 7.30. The zero-order valence-electron chi connectivity index (χ0n) is 12.2. The third kappa shape index (κ3) is 3.27. The standard InChI is InChI=1S/C17H23FN2/c1-11-3-7-13(8-4-11)16(19)15(18)17(20)14-9-5-12(2)6-10-14/h3-4,7-8,12,14,19H,5-6,9-10,20H2,1-2H3/b17-15+,19-16?. The molecule has 1 saturated carbocycles. The van der Waals surface area contributed by atoms with Gasteiger partial charge in [-0.3, -0.25) is 5.41 Å². The van der Waals surface area contributed by atoms with Crippen molar-refractivity contribution < 1.29 is 4.39 Å². The van der Waals surface area contributed by atoms with E-state index in [4.69, 9.17) is 11.1 Å². The molecule has 2 nitrogen and oxygen atoms in total.